The summed E-state index contributed by atoms with van der Waals surface area (Å²) in [6, 6.07) is 3.14. The summed E-state index contributed by atoms with van der Waals surface area (Å²) >= 11 is 12.1. The van der Waals surface area contributed by atoms with Crippen molar-refractivity contribution in [3.05, 3.63) is 27.7 Å². The maximum atomic E-state index is 12.1. The number of aryl methyl sites for hydroxylation is 1. The number of carbonyl (C=O) groups is 1. The highest BCUT2D eigenvalue weighted by atomic mass is 35.5. The van der Waals surface area contributed by atoms with Gasteiger partial charge in [-0.15, -0.1) is 0 Å². The largest absolute Gasteiger partial charge is 0.380 e. The highest BCUT2D eigenvalue weighted by Crippen LogP contribution is 2.29. The molecule has 1 aliphatic heterocycles. The molecule has 1 aliphatic rings. The van der Waals surface area contributed by atoms with Crippen molar-refractivity contribution in [1.82, 2.24) is 5.32 Å². The number of benzene rings is 1. The molecule has 4 nitrogen and oxygen atoms in total. The first-order valence-electron chi connectivity index (χ1n) is 6.04. The van der Waals surface area contributed by atoms with Gasteiger partial charge in [0.2, 0.25) is 5.91 Å². The zero-order chi connectivity index (χ0) is 14.0. The van der Waals surface area contributed by atoms with E-state index in [4.69, 9.17) is 27.9 Å². The van der Waals surface area contributed by atoms with Gasteiger partial charge in [-0.25, -0.2) is 0 Å². The van der Waals surface area contributed by atoms with Crippen LogP contribution in [0.2, 0.25) is 10.0 Å². The Hall–Kier alpha value is -0.810. The molecule has 1 amide bonds. The molecular formula is C13H16Cl2N2O2. The molecule has 0 saturated carbocycles. The van der Waals surface area contributed by atoms with Gasteiger partial charge in [0.05, 0.1) is 22.9 Å². The van der Waals surface area contributed by atoms with Crippen molar-refractivity contribution in [2.24, 2.45) is 0 Å². The van der Waals surface area contributed by atoms with Crippen LogP contribution in [0, 0.1) is 6.92 Å². The number of nitrogens with one attached hydrogen (secondary N) is 2. The normalized spacial score (nSPS) is 22.5. The molecule has 2 N–H and O–H groups in total. The Kier molecular flexibility index (Phi) is 4.68. The zero-order valence-electron chi connectivity index (χ0n) is 10.8. The molecule has 0 radical (unpaired) electrons. The first-order chi connectivity index (χ1) is 9.01. The van der Waals surface area contributed by atoms with Crippen LogP contribution in [0.25, 0.3) is 0 Å². The fourth-order valence-electron chi connectivity index (χ4n) is 2.04. The van der Waals surface area contributed by atoms with Crippen molar-refractivity contribution in [3.63, 3.8) is 0 Å². The second-order valence-corrected chi connectivity index (χ2v) is 5.44. The molecule has 2 unspecified atom stereocenters. The number of hydrogen-bond acceptors (Lipinski definition) is 3. The van der Waals surface area contributed by atoms with Crippen molar-refractivity contribution >= 4 is 34.8 Å². The van der Waals surface area contributed by atoms with Crippen LogP contribution < -0.4 is 10.6 Å². The lowest BCUT2D eigenvalue weighted by molar-refractivity contribution is -0.118. The van der Waals surface area contributed by atoms with Gasteiger partial charge in [0.15, 0.2) is 0 Å². The molecule has 0 aliphatic carbocycles. The Morgan fingerprint density at radius 1 is 1.42 bits per heavy atom. The van der Waals surface area contributed by atoms with E-state index in [9.17, 15) is 4.79 Å². The van der Waals surface area contributed by atoms with Crippen LogP contribution in [0.4, 0.5) is 5.69 Å². The minimum Gasteiger partial charge on any atom is -0.380 e. The van der Waals surface area contributed by atoms with E-state index in [0.29, 0.717) is 28.7 Å². The molecule has 2 rings (SSSR count). The first kappa shape index (κ1) is 14.6. The Morgan fingerprint density at radius 2 is 2.16 bits per heavy atom. The van der Waals surface area contributed by atoms with Gasteiger partial charge in [-0.2, -0.15) is 0 Å². The van der Waals surface area contributed by atoms with Gasteiger partial charge in [0.1, 0.15) is 0 Å². The fourth-order valence-corrected chi connectivity index (χ4v) is 2.47. The van der Waals surface area contributed by atoms with Gasteiger partial charge in [0, 0.05) is 18.7 Å². The molecule has 104 valence electrons. The Labute approximate surface area is 122 Å². The number of rotatable bonds is 3. The highest BCUT2D eigenvalue weighted by molar-refractivity contribution is 6.36. The number of carbonyl (C=O) groups excluding carboxylic acids is 1. The molecule has 1 heterocycles. The molecule has 1 saturated heterocycles. The Morgan fingerprint density at radius 3 is 2.79 bits per heavy atom. The number of methoxy groups -OCH3 is 1. The van der Waals surface area contributed by atoms with Crippen LogP contribution in [0.3, 0.4) is 0 Å². The van der Waals surface area contributed by atoms with E-state index >= 15 is 0 Å². The second-order valence-electron chi connectivity index (χ2n) is 4.62. The Balaban J connectivity index is 2.05. The summed E-state index contributed by atoms with van der Waals surface area (Å²) in [6.07, 6.45) is 0.729. The highest BCUT2D eigenvalue weighted by Gasteiger charge is 2.29. The number of halogens is 2. The summed E-state index contributed by atoms with van der Waals surface area (Å²) in [4.78, 5) is 12.1. The quantitative estimate of drug-likeness (QED) is 0.902. The lowest BCUT2D eigenvalue weighted by Crippen LogP contribution is -2.35. The van der Waals surface area contributed by atoms with Gasteiger partial charge in [0.25, 0.3) is 0 Å². The topological polar surface area (TPSA) is 50.4 Å². The van der Waals surface area contributed by atoms with Gasteiger partial charge >= 0.3 is 0 Å². The molecule has 0 bridgehead atoms. The van der Waals surface area contributed by atoms with E-state index in [0.717, 1.165) is 5.56 Å². The standard InChI is InChI=1S/C13H16Cl2N2O2/c1-7-3-10(15)11(5-9(7)14)17-13(18)12-4-8(19-2)6-16-12/h3,5,8,12,16H,4,6H2,1-2H3,(H,17,18). The third-order valence-corrected chi connectivity index (χ3v) is 3.97. The van der Waals surface area contributed by atoms with Crippen molar-refractivity contribution < 1.29 is 9.53 Å². The smallest absolute Gasteiger partial charge is 0.241 e. The fraction of sp³-hybridized carbons (Fsp3) is 0.462. The van der Waals surface area contributed by atoms with Crippen LogP contribution >= 0.6 is 23.2 Å². The lowest BCUT2D eigenvalue weighted by Gasteiger charge is -2.13. The number of amides is 1. The van der Waals surface area contributed by atoms with E-state index in [1.807, 2.05) is 6.92 Å². The summed E-state index contributed by atoms with van der Waals surface area (Å²) < 4.78 is 5.21. The monoisotopic (exact) mass is 302 g/mol. The van der Waals surface area contributed by atoms with Crippen LogP contribution in [-0.4, -0.2) is 31.7 Å². The summed E-state index contributed by atoms with van der Waals surface area (Å²) in [5.74, 6) is -0.124. The second kappa shape index (κ2) is 6.09. The summed E-state index contributed by atoms with van der Waals surface area (Å²) in [6.45, 7) is 2.54. The SMILES string of the molecule is COC1CNC(C(=O)Nc2cc(Cl)c(C)cc2Cl)C1. The molecule has 2 atom stereocenters. The zero-order valence-corrected chi connectivity index (χ0v) is 12.3. The maximum absolute atomic E-state index is 12.1. The summed E-state index contributed by atoms with van der Waals surface area (Å²) in [5, 5.41) is 6.96. The molecule has 1 fully saturated rings. The maximum Gasteiger partial charge on any atom is 0.241 e. The van der Waals surface area contributed by atoms with Crippen molar-refractivity contribution in [1.29, 1.82) is 0 Å². The molecule has 1 aromatic carbocycles. The van der Waals surface area contributed by atoms with Gasteiger partial charge in [-0.1, -0.05) is 23.2 Å². The van der Waals surface area contributed by atoms with Crippen LogP contribution in [-0.2, 0) is 9.53 Å². The van der Waals surface area contributed by atoms with Gasteiger partial charge < -0.3 is 15.4 Å². The average Bonchev–Trinajstić information content (AvgIpc) is 2.84. The molecule has 1 aromatic rings. The predicted octanol–water partition coefficient (Wildman–Crippen LogP) is 2.62. The Bertz CT molecular complexity index is 494. The summed E-state index contributed by atoms with van der Waals surface area (Å²) in [7, 11) is 1.64. The average molecular weight is 303 g/mol. The van der Waals surface area contributed by atoms with Crippen LogP contribution in [0.5, 0.6) is 0 Å². The predicted molar refractivity (Wildman–Crippen MR) is 77.0 cm³/mol. The lowest BCUT2D eigenvalue weighted by atomic mass is 10.1. The first-order valence-corrected chi connectivity index (χ1v) is 6.79. The van der Waals surface area contributed by atoms with E-state index in [-0.39, 0.29) is 18.1 Å². The van der Waals surface area contributed by atoms with Crippen LogP contribution in [0.15, 0.2) is 12.1 Å². The third-order valence-electron chi connectivity index (χ3n) is 3.25. The van der Waals surface area contributed by atoms with Crippen molar-refractivity contribution in [3.8, 4) is 0 Å². The number of hydrogen-bond donors (Lipinski definition) is 2. The number of anilines is 1. The molecule has 0 aromatic heterocycles. The van der Waals surface area contributed by atoms with E-state index < -0.39 is 0 Å². The van der Waals surface area contributed by atoms with Gasteiger partial charge in [-0.05, 0) is 31.0 Å². The minimum atomic E-state index is -0.263. The van der Waals surface area contributed by atoms with E-state index in [1.54, 1.807) is 19.2 Å². The van der Waals surface area contributed by atoms with Crippen molar-refractivity contribution in [2.75, 3.05) is 19.0 Å². The third kappa shape index (κ3) is 3.39. The van der Waals surface area contributed by atoms with E-state index in [2.05, 4.69) is 10.6 Å². The summed E-state index contributed by atoms with van der Waals surface area (Å²) in [5.41, 5.74) is 1.41. The molecule has 6 heteroatoms. The minimum absolute atomic E-state index is 0.0767. The van der Waals surface area contributed by atoms with Crippen molar-refractivity contribution in [2.45, 2.75) is 25.5 Å². The van der Waals surface area contributed by atoms with E-state index in [1.165, 1.54) is 0 Å². The molecule has 0 spiro atoms. The molecular weight excluding hydrogens is 287 g/mol. The number of ether oxygens (including phenoxy) is 1. The van der Waals surface area contributed by atoms with Crippen LogP contribution in [0.1, 0.15) is 12.0 Å². The van der Waals surface area contributed by atoms with Gasteiger partial charge in [-0.3, -0.25) is 4.79 Å². The molecule has 19 heavy (non-hydrogen) atoms.